The van der Waals surface area contributed by atoms with Crippen LogP contribution in [0.3, 0.4) is 0 Å². The standard InChI is InChI=1S/C36H56N4O10/c1-22-18-26-31(39-13-9-15-49-17-16-48-14-8-12-37)28(41)21-27(33(26)43)40-35(44)23(2)10-7-11-29(46-5)34(50-36(38)45)25(4)20-24(3)32(42)30(19-22)47-6/h7,10-11,20-22,24,29-30,32,34,39,42H,8-9,12-19,37H2,1-6H3,(H2,38,45)(H,40,44)/b11-7-,23-10+,25-20+/t22-,24+,29?,30+,32-,34+/m0/s1. The van der Waals surface area contributed by atoms with E-state index < -0.39 is 53.9 Å². The topological polar surface area (TPSA) is 211 Å². The lowest BCUT2D eigenvalue weighted by Gasteiger charge is -2.30. The highest BCUT2D eigenvalue weighted by molar-refractivity contribution is 6.23. The molecular formula is C36H56N4O10. The minimum absolute atomic E-state index is 0.137. The summed E-state index contributed by atoms with van der Waals surface area (Å²) in [4.78, 5) is 52.2. The number of hydrogen-bond acceptors (Lipinski definition) is 12. The summed E-state index contributed by atoms with van der Waals surface area (Å²) >= 11 is 0. The van der Waals surface area contributed by atoms with Crippen LogP contribution in [0.5, 0.6) is 0 Å². The van der Waals surface area contributed by atoms with Gasteiger partial charge >= 0.3 is 6.09 Å². The van der Waals surface area contributed by atoms with Crippen LogP contribution in [0.15, 0.2) is 58.5 Å². The summed E-state index contributed by atoms with van der Waals surface area (Å²) in [6, 6.07) is 0. The molecule has 1 heterocycles. The molecule has 50 heavy (non-hydrogen) atoms. The maximum Gasteiger partial charge on any atom is 0.405 e. The third kappa shape index (κ3) is 13.6. The molecule has 14 heteroatoms. The second-order valence-electron chi connectivity index (χ2n) is 12.6. The molecule has 0 spiro atoms. The highest BCUT2D eigenvalue weighted by Gasteiger charge is 2.33. The number of ketones is 2. The molecular weight excluding hydrogens is 648 g/mol. The predicted molar refractivity (Wildman–Crippen MR) is 187 cm³/mol. The zero-order valence-electron chi connectivity index (χ0n) is 30.2. The van der Waals surface area contributed by atoms with Gasteiger partial charge in [-0.3, -0.25) is 14.4 Å². The fraction of sp³-hybridized carbons (Fsp3) is 0.611. The van der Waals surface area contributed by atoms with Crippen molar-refractivity contribution in [2.24, 2.45) is 23.3 Å². The minimum atomic E-state index is -1.01. The first-order valence-corrected chi connectivity index (χ1v) is 17.0. The Morgan fingerprint density at radius 1 is 1.04 bits per heavy atom. The van der Waals surface area contributed by atoms with E-state index in [-0.39, 0.29) is 34.9 Å². The van der Waals surface area contributed by atoms with Crippen molar-refractivity contribution in [3.05, 3.63) is 58.5 Å². The summed E-state index contributed by atoms with van der Waals surface area (Å²) in [7, 11) is 2.92. The van der Waals surface area contributed by atoms with Crippen molar-refractivity contribution in [1.82, 2.24) is 10.6 Å². The Labute approximate surface area is 295 Å². The lowest BCUT2D eigenvalue weighted by Crippen LogP contribution is -2.38. The van der Waals surface area contributed by atoms with Crippen molar-refractivity contribution in [2.45, 2.75) is 77.8 Å². The Kier molecular flexibility index (Phi) is 18.9. The number of Topliss-reactive ketones (excluding diaryl/α,β-unsaturated/α-hetero) is 1. The van der Waals surface area contributed by atoms with E-state index in [1.807, 2.05) is 6.92 Å². The second kappa shape index (κ2) is 22.2. The molecule has 7 N–H and O–H groups in total. The summed E-state index contributed by atoms with van der Waals surface area (Å²) in [5.41, 5.74) is 11.9. The molecule has 0 aromatic heterocycles. The lowest BCUT2D eigenvalue weighted by atomic mass is 9.85. The molecule has 2 bridgehead atoms. The van der Waals surface area contributed by atoms with Gasteiger partial charge in [0.2, 0.25) is 11.6 Å². The molecule has 1 unspecified atom stereocenters. The van der Waals surface area contributed by atoms with Crippen LogP contribution < -0.4 is 22.1 Å². The Morgan fingerprint density at radius 2 is 1.72 bits per heavy atom. The van der Waals surface area contributed by atoms with Gasteiger partial charge in [-0.1, -0.05) is 38.2 Å². The average Bonchev–Trinajstić information content (AvgIpc) is 3.07. The number of allylic oxidation sites excluding steroid dienone is 4. The molecule has 280 valence electrons. The SMILES string of the molecule is COC1/C=C\C=C(/C)C(=O)NC2=CC(=O)C(NCCCOCCOCCCN)=C(C[C@H](C)C[C@@H](OC)[C@@H](O)[C@H](C)/C=C(\C)[C@H]1OC(N)=O)C2=O. The van der Waals surface area contributed by atoms with Gasteiger partial charge in [-0.25, -0.2) is 4.79 Å². The van der Waals surface area contributed by atoms with E-state index in [0.29, 0.717) is 57.9 Å². The molecule has 2 amide bonds. The lowest BCUT2D eigenvalue weighted by molar-refractivity contribution is -0.120. The van der Waals surface area contributed by atoms with E-state index >= 15 is 0 Å². The Bertz CT molecular complexity index is 1320. The van der Waals surface area contributed by atoms with Gasteiger partial charge in [0.05, 0.1) is 36.8 Å². The van der Waals surface area contributed by atoms with Crippen LogP contribution in [-0.4, -0.2) is 107 Å². The van der Waals surface area contributed by atoms with Crippen molar-refractivity contribution in [3.63, 3.8) is 0 Å². The van der Waals surface area contributed by atoms with Crippen LogP contribution in [0.4, 0.5) is 4.79 Å². The average molecular weight is 705 g/mol. The third-order valence-electron chi connectivity index (χ3n) is 8.43. The molecule has 14 nitrogen and oxygen atoms in total. The largest absolute Gasteiger partial charge is 0.439 e. The first-order valence-electron chi connectivity index (χ1n) is 17.0. The number of nitrogens with one attached hydrogen (secondary N) is 2. The van der Waals surface area contributed by atoms with Gasteiger partial charge in [-0.15, -0.1) is 0 Å². The molecule has 0 aromatic rings. The highest BCUT2D eigenvalue weighted by atomic mass is 16.6. The number of carbonyl (C=O) groups excluding carboxylic acids is 4. The van der Waals surface area contributed by atoms with Gasteiger partial charge in [0, 0.05) is 57.1 Å². The zero-order chi connectivity index (χ0) is 37.2. The monoisotopic (exact) mass is 704 g/mol. The Balaban J connectivity index is 2.40. The predicted octanol–water partition coefficient (Wildman–Crippen LogP) is 2.12. The second-order valence-corrected chi connectivity index (χ2v) is 12.6. The fourth-order valence-corrected chi connectivity index (χ4v) is 5.67. The van der Waals surface area contributed by atoms with E-state index in [1.54, 1.807) is 39.0 Å². The number of methoxy groups -OCH3 is 2. The maximum atomic E-state index is 13.8. The smallest absolute Gasteiger partial charge is 0.405 e. The quantitative estimate of drug-likeness (QED) is 0.100. The molecule has 2 aliphatic rings. The molecule has 1 aliphatic carbocycles. The van der Waals surface area contributed by atoms with Crippen molar-refractivity contribution < 1.29 is 48.0 Å². The molecule has 0 saturated heterocycles. The third-order valence-corrected chi connectivity index (χ3v) is 8.43. The number of carbonyl (C=O) groups is 4. The number of fused-ring (bicyclic) bond motifs is 2. The fourth-order valence-electron chi connectivity index (χ4n) is 5.67. The number of ether oxygens (including phenoxy) is 5. The molecule has 2 rings (SSSR count). The molecule has 1 aliphatic heterocycles. The number of rotatable bonds is 14. The molecule has 0 saturated carbocycles. The van der Waals surface area contributed by atoms with Crippen molar-refractivity contribution in [1.29, 1.82) is 0 Å². The molecule has 0 fully saturated rings. The number of nitrogens with two attached hydrogens (primary N) is 2. The van der Waals surface area contributed by atoms with Crippen LogP contribution in [0.1, 0.15) is 53.4 Å². The number of aliphatic hydroxyl groups is 1. The van der Waals surface area contributed by atoms with Crippen LogP contribution in [-0.2, 0) is 38.1 Å². The minimum Gasteiger partial charge on any atom is -0.439 e. The van der Waals surface area contributed by atoms with Gasteiger partial charge in [-0.2, -0.15) is 0 Å². The summed E-state index contributed by atoms with van der Waals surface area (Å²) in [6.07, 6.45) is 5.06. The first kappa shape index (κ1) is 42.5. The van der Waals surface area contributed by atoms with Crippen molar-refractivity contribution >= 4 is 23.6 Å². The van der Waals surface area contributed by atoms with Gasteiger partial charge in [0.25, 0.3) is 5.91 Å². The number of hydrogen-bond donors (Lipinski definition) is 5. The van der Waals surface area contributed by atoms with E-state index in [4.69, 9.17) is 35.2 Å². The number of amides is 2. The summed E-state index contributed by atoms with van der Waals surface area (Å²) in [6.45, 7) is 9.82. The van der Waals surface area contributed by atoms with Crippen molar-refractivity contribution in [2.75, 3.05) is 53.7 Å². The van der Waals surface area contributed by atoms with Crippen LogP contribution in [0, 0.1) is 11.8 Å². The van der Waals surface area contributed by atoms with E-state index in [9.17, 15) is 24.3 Å². The molecule has 6 atom stereocenters. The summed E-state index contributed by atoms with van der Waals surface area (Å²) in [5.74, 6) is -2.19. The van der Waals surface area contributed by atoms with E-state index in [0.717, 1.165) is 12.5 Å². The maximum absolute atomic E-state index is 13.8. The Morgan fingerprint density at radius 3 is 2.34 bits per heavy atom. The molecule has 0 aromatic carbocycles. The van der Waals surface area contributed by atoms with E-state index in [2.05, 4.69) is 10.6 Å². The van der Waals surface area contributed by atoms with Crippen LogP contribution in [0.25, 0.3) is 0 Å². The van der Waals surface area contributed by atoms with E-state index in [1.165, 1.54) is 20.3 Å². The molecule has 0 radical (unpaired) electrons. The zero-order valence-corrected chi connectivity index (χ0v) is 30.2. The van der Waals surface area contributed by atoms with Crippen molar-refractivity contribution in [3.8, 4) is 0 Å². The van der Waals surface area contributed by atoms with Gasteiger partial charge in [-0.05, 0) is 57.6 Å². The summed E-state index contributed by atoms with van der Waals surface area (Å²) in [5, 5.41) is 17.1. The first-order chi connectivity index (χ1) is 23.8. The number of aliphatic hydroxyl groups excluding tert-OH is 1. The van der Waals surface area contributed by atoms with Gasteiger partial charge in [0.1, 0.15) is 6.10 Å². The summed E-state index contributed by atoms with van der Waals surface area (Å²) < 4.78 is 27.7. The van der Waals surface area contributed by atoms with Gasteiger partial charge < -0.3 is 50.9 Å². The van der Waals surface area contributed by atoms with Crippen LogP contribution >= 0.6 is 0 Å². The van der Waals surface area contributed by atoms with Crippen LogP contribution in [0.2, 0.25) is 0 Å². The number of primary amides is 1. The Hall–Kier alpha value is -3.66. The normalized spacial score (nSPS) is 28.6. The van der Waals surface area contributed by atoms with Gasteiger partial charge in [0.15, 0.2) is 6.10 Å². The highest BCUT2D eigenvalue weighted by Crippen LogP contribution is 2.29.